The van der Waals surface area contributed by atoms with Crippen molar-refractivity contribution in [3.63, 3.8) is 0 Å². The van der Waals surface area contributed by atoms with Gasteiger partial charge in [-0.05, 0) is 62.4 Å². The third-order valence-corrected chi connectivity index (χ3v) is 5.57. The summed E-state index contributed by atoms with van der Waals surface area (Å²) < 4.78 is 18.8. The highest BCUT2D eigenvalue weighted by molar-refractivity contribution is 7.99. The molecule has 34 heavy (non-hydrogen) atoms. The van der Waals surface area contributed by atoms with E-state index in [4.69, 9.17) is 4.42 Å². The van der Waals surface area contributed by atoms with Crippen LogP contribution in [0.4, 0.5) is 15.8 Å². The Bertz CT molecular complexity index is 1320. The number of hydrogen-bond donors (Lipinski definition) is 2. The number of carbonyl (C=O) groups excluding carboxylic acids is 2. The highest BCUT2D eigenvalue weighted by Crippen LogP contribution is 2.25. The van der Waals surface area contributed by atoms with E-state index >= 15 is 0 Å². The van der Waals surface area contributed by atoms with Gasteiger partial charge in [0.25, 0.3) is 11.1 Å². The van der Waals surface area contributed by atoms with Crippen LogP contribution in [0.1, 0.15) is 21.5 Å². The van der Waals surface area contributed by atoms with Crippen LogP contribution in [-0.4, -0.2) is 27.8 Å². The van der Waals surface area contributed by atoms with Crippen molar-refractivity contribution in [2.45, 2.75) is 19.1 Å². The van der Waals surface area contributed by atoms with Gasteiger partial charge in [-0.25, -0.2) is 4.39 Å². The molecule has 0 aliphatic carbocycles. The Morgan fingerprint density at radius 3 is 2.38 bits per heavy atom. The molecule has 9 heteroatoms. The maximum atomic E-state index is 13.1. The molecule has 0 unspecified atom stereocenters. The zero-order valence-corrected chi connectivity index (χ0v) is 19.3. The van der Waals surface area contributed by atoms with Crippen LogP contribution in [0.5, 0.6) is 0 Å². The fourth-order valence-electron chi connectivity index (χ4n) is 3.32. The third-order valence-electron chi connectivity index (χ3n) is 4.75. The van der Waals surface area contributed by atoms with Gasteiger partial charge in [-0.2, -0.15) is 0 Å². The van der Waals surface area contributed by atoms with Gasteiger partial charge >= 0.3 is 0 Å². The summed E-state index contributed by atoms with van der Waals surface area (Å²) in [4.78, 5) is 25.2. The summed E-state index contributed by atoms with van der Waals surface area (Å²) in [6.45, 7) is 3.98. The molecule has 4 aromatic rings. The van der Waals surface area contributed by atoms with Gasteiger partial charge in [-0.3, -0.25) is 9.59 Å². The van der Waals surface area contributed by atoms with Crippen LogP contribution in [0.25, 0.3) is 11.5 Å². The monoisotopic (exact) mass is 476 g/mol. The Hall–Kier alpha value is -3.98. The lowest BCUT2D eigenvalue weighted by atomic mass is 10.1. The van der Waals surface area contributed by atoms with Gasteiger partial charge in [0.2, 0.25) is 11.8 Å². The summed E-state index contributed by atoms with van der Waals surface area (Å²) in [5.41, 5.74) is 4.07. The molecule has 0 spiro atoms. The minimum absolute atomic E-state index is 0.0163. The zero-order valence-electron chi connectivity index (χ0n) is 18.5. The van der Waals surface area contributed by atoms with Crippen molar-refractivity contribution >= 4 is 35.0 Å². The van der Waals surface area contributed by atoms with E-state index in [9.17, 15) is 14.0 Å². The van der Waals surface area contributed by atoms with Crippen LogP contribution >= 0.6 is 11.8 Å². The van der Waals surface area contributed by atoms with Gasteiger partial charge in [0.15, 0.2) is 0 Å². The van der Waals surface area contributed by atoms with E-state index in [-0.39, 0.29) is 22.4 Å². The summed E-state index contributed by atoms with van der Waals surface area (Å²) >= 11 is 1.10. The molecule has 2 N–H and O–H groups in total. The number of aromatic nitrogens is 2. The van der Waals surface area contributed by atoms with Crippen molar-refractivity contribution in [2.75, 3.05) is 16.4 Å². The Morgan fingerprint density at radius 2 is 1.65 bits per heavy atom. The minimum atomic E-state index is -0.426. The molecule has 1 aromatic heterocycles. The highest BCUT2D eigenvalue weighted by Gasteiger charge is 2.16. The van der Waals surface area contributed by atoms with E-state index in [1.807, 2.05) is 26.0 Å². The number of thioether (sulfide) groups is 1. The van der Waals surface area contributed by atoms with Gasteiger partial charge in [-0.1, -0.05) is 41.1 Å². The molecule has 1 heterocycles. The predicted molar refractivity (Wildman–Crippen MR) is 129 cm³/mol. The second-order valence-electron chi connectivity index (χ2n) is 7.59. The van der Waals surface area contributed by atoms with Gasteiger partial charge in [0, 0.05) is 11.3 Å². The Labute approximate surface area is 199 Å². The number of benzene rings is 3. The molecule has 0 saturated heterocycles. The second-order valence-corrected chi connectivity index (χ2v) is 8.52. The topological polar surface area (TPSA) is 97.1 Å². The second kappa shape index (κ2) is 10.3. The maximum Gasteiger partial charge on any atom is 0.277 e. The Kier molecular flexibility index (Phi) is 7.03. The van der Waals surface area contributed by atoms with Crippen molar-refractivity contribution in [1.82, 2.24) is 10.2 Å². The fraction of sp³-hybridized carbons (Fsp3) is 0.120. The highest BCUT2D eigenvalue weighted by atomic mass is 32.2. The van der Waals surface area contributed by atoms with Crippen LogP contribution < -0.4 is 10.6 Å². The number of carbonyl (C=O) groups is 2. The van der Waals surface area contributed by atoms with E-state index in [0.29, 0.717) is 17.3 Å². The van der Waals surface area contributed by atoms with Crippen LogP contribution in [0.2, 0.25) is 0 Å². The first kappa shape index (κ1) is 23.2. The average Bonchev–Trinajstić information content (AvgIpc) is 3.28. The molecule has 0 aliphatic rings. The molecule has 7 nitrogen and oxygen atoms in total. The van der Waals surface area contributed by atoms with E-state index in [1.54, 1.807) is 24.3 Å². The lowest BCUT2D eigenvalue weighted by Gasteiger charge is -2.11. The largest absolute Gasteiger partial charge is 0.411 e. The van der Waals surface area contributed by atoms with Crippen LogP contribution in [0, 0.1) is 19.7 Å². The van der Waals surface area contributed by atoms with Gasteiger partial charge in [0.05, 0.1) is 17.0 Å². The van der Waals surface area contributed by atoms with E-state index in [2.05, 4.69) is 26.9 Å². The predicted octanol–water partition coefficient (Wildman–Crippen LogP) is 5.48. The number of nitrogens with zero attached hydrogens (tertiary/aromatic N) is 2. The summed E-state index contributed by atoms with van der Waals surface area (Å²) in [7, 11) is 0. The molecule has 0 radical (unpaired) electrons. The fourth-order valence-corrected chi connectivity index (χ4v) is 3.88. The summed E-state index contributed by atoms with van der Waals surface area (Å²) in [6, 6.07) is 18.0. The summed E-state index contributed by atoms with van der Waals surface area (Å²) in [5, 5.41) is 13.8. The van der Waals surface area contributed by atoms with E-state index in [1.165, 1.54) is 24.3 Å². The maximum absolute atomic E-state index is 13.1. The molecular formula is C25H21FN4O3S. The van der Waals surface area contributed by atoms with E-state index in [0.717, 1.165) is 28.5 Å². The molecule has 0 fully saturated rings. The number of hydrogen-bond acceptors (Lipinski definition) is 6. The average molecular weight is 477 g/mol. The Morgan fingerprint density at radius 1 is 0.941 bits per heavy atom. The number of halogens is 1. The molecule has 4 rings (SSSR count). The smallest absolute Gasteiger partial charge is 0.277 e. The van der Waals surface area contributed by atoms with Crippen molar-refractivity contribution in [2.24, 2.45) is 0 Å². The Balaban J connectivity index is 1.38. The SMILES string of the molecule is Cc1cc(C)cc(-c2nnc(SCC(=O)Nc3ccccc3C(=O)Nc3ccc(F)cc3)o2)c1. The molecular weight excluding hydrogens is 455 g/mol. The number of amides is 2. The quantitative estimate of drug-likeness (QED) is 0.343. The lowest BCUT2D eigenvalue weighted by molar-refractivity contribution is -0.113. The lowest BCUT2D eigenvalue weighted by Crippen LogP contribution is -2.19. The molecule has 3 aromatic carbocycles. The first-order valence-electron chi connectivity index (χ1n) is 10.4. The summed E-state index contributed by atoms with van der Waals surface area (Å²) in [5.74, 6) is -0.756. The molecule has 0 aliphatic heterocycles. The normalized spacial score (nSPS) is 10.7. The first-order valence-corrected chi connectivity index (χ1v) is 11.4. The molecule has 172 valence electrons. The van der Waals surface area contributed by atoms with Crippen molar-refractivity contribution in [3.05, 3.63) is 89.2 Å². The first-order chi connectivity index (χ1) is 16.4. The number of nitrogens with one attached hydrogen (secondary N) is 2. The minimum Gasteiger partial charge on any atom is -0.411 e. The van der Waals surface area contributed by atoms with E-state index < -0.39 is 11.7 Å². The van der Waals surface area contributed by atoms with Crippen molar-refractivity contribution in [1.29, 1.82) is 0 Å². The zero-order chi connectivity index (χ0) is 24.1. The standard InChI is InChI=1S/C25H21FN4O3S/c1-15-11-16(2)13-17(12-15)24-29-30-25(33-24)34-14-22(31)28-21-6-4-3-5-20(21)23(32)27-19-9-7-18(26)8-10-19/h3-13H,14H2,1-2H3,(H,27,32)(H,28,31). The van der Waals surface area contributed by atoms with Crippen molar-refractivity contribution in [3.8, 4) is 11.5 Å². The number of para-hydroxylation sites is 1. The van der Waals surface area contributed by atoms with Gasteiger partial charge in [-0.15, -0.1) is 10.2 Å². The molecule has 0 bridgehead atoms. The third kappa shape index (κ3) is 5.87. The number of rotatable bonds is 7. The van der Waals surface area contributed by atoms with Crippen LogP contribution in [0.15, 0.2) is 76.4 Å². The molecule has 0 atom stereocenters. The molecule has 0 saturated carbocycles. The number of anilines is 2. The van der Waals surface area contributed by atoms with Crippen LogP contribution in [-0.2, 0) is 4.79 Å². The summed E-state index contributed by atoms with van der Waals surface area (Å²) in [6.07, 6.45) is 0. The van der Waals surface area contributed by atoms with Gasteiger partial charge in [0.1, 0.15) is 5.82 Å². The van der Waals surface area contributed by atoms with Crippen LogP contribution in [0.3, 0.4) is 0 Å². The molecule has 2 amide bonds. The van der Waals surface area contributed by atoms with Gasteiger partial charge < -0.3 is 15.1 Å². The number of aryl methyl sites for hydroxylation is 2. The van der Waals surface area contributed by atoms with Crippen molar-refractivity contribution < 1.29 is 18.4 Å².